The van der Waals surface area contributed by atoms with Crippen LogP contribution in [0.15, 0.2) is 12.1 Å². The molecule has 0 amide bonds. The predicted molar refractivity (Wildman–Crippen MR) is 56.2 cm³/mol. The van der Waals surface area contributed by atoms with Gasteiger partial charge in [0.15, 0.2) is 0 Å². The molecule has 1 aromatic carbocycles. The van der Waals surface area contributed by atoms with Gasteiger partial charge in [0.25, 0.3) is 0 Å². The Morgan fingerprint density at radius 3 is 2.38 bits per heavy atom. The molecule has 0 fully saturated rings. The summed E-state index contributed by atoms with van der Waals surface area (Å²) < 4.78 is 5.14. The Morgan fingerprint density at radius 1 is 1.31 bits per heavy atom. The van der Waals surface area contributed by atoms with Crippen LogP contribution in [0.2, 0.25) is 0 Å². The first-order chi connectivity index (χ1) is 6.07. The normalized spacial score (nSPS) is 10.5. The summed E-state index contributed by atoms with van der Waals surface area (Å²) in [7, 11) is 1.64. The highest BCUT2D eigenvalue weighted by atomic mass is 16.5. The molecule has 72 valence electrons. The summed E-state index contributed by atoms with van der Waals surface area (Å²) in [6.45, 7) is 6.36. The molecule has 2 nitrogen and oxygen atoms in total. The van der Waals surface area contributed by atoms with Gasteiger partial charge in [-0.05, 0) is 30.0 Å². The summed E-state index contributed by atoms with van der Waals surface area (Å²) >= 11 is 0. The topological polar surface area (TPSA) is 35.2 Å². The minimum atomic E-state index is 0.508. The van der Waals surface area contributed by atoms with Crippen LogP contribution in [0.5, 0.6) is 5.75 Å². The van der Waals surface area contributed by atoms with E-state index in [0.29, 0.717) is 5.92 Å². The lowest BCUT2D eigenvalue weighted by Crippen LogP contribution is -2.00. The third-order valence-corrected chi connectivity index (χ3v) is 2.36. The fraction of sp³-hybridized carbons (Fsp3) is 0.455. The van der Waals surface area contributed by atoms with E-state index in [4.69, 9.17) is 10.5 Å². The van der Waals surface area contributed by atoms with Crippen LogP contribution in [-0.2, 0) is 0 Å². The first-order valence-corrected chi connectivity index (χ1v) is 4.51. The van der Waals surface area contributed by atoms with E-state index < -0.39 is 0 Å². The zero-order chi connectivity index (χ0) is 10.0. The molecule has 0 aliphatic heterocycles. The summed E-state index contributed by atoms with van der Waals surface area (Å²) in [5.41, 5.74) is 9.09. The van der Waals surface area contributed by atoms with Gasteiger partial charge < -0.3 is 10.5 Å². The zero-order valence-corrected chi connectivity index (χ0v) is 8.72. The second-order valence-corrected chi connectivity index (χ2v) is 3.55. The number of anilines is 1. The number of hydrogen-bond acceptors (Lipinski definition) is 2. The Hall–Kier alpha value is -1.18. The number of benzene rings is 1. The number of methoxy groups -OCH3 is 1. The average molecular weight is 179 g/mol. The molecule has 2 heteroatoms. The second-order valence-electron chi connectivity index (χ2n) is 3.55. The summed E-state index contributed by atoms with van der Waals surface area (Å²) in [6.07, 6.45) is 0. The van der Waals surface area contributed by atoms with E-state index in [-0.39, 0.29) is 0 Å². The van der Waals surface area contributed by atoms with Crippen LogP contribution in [0.1, 0.15) is 30.9 Å². The maximum absolute atomic E-state index is 5.91. The van der Waals surface area contributed by atoms with E-state index in [1.54, 1.807) is 7.11 Å². The Labute approximate surface area is 79.7 Å². The summed E-state index contributed by atoms with van der Waals surface area (Å²) in [4.78, 5) is 0. The van der Waals surface area contributed by atoms with Crippen LogP contribution in [0, 0.1) is 6.92 Å². The van der Waals surface area contributed by atoms with Crippen molar-refractivity contribution in [2.45, 2.75) is 26.7 Å². The highest BCUT2D eigenvalue weighted by Crippen LogP contribution is 2.30. The standard InChI is InChI=1S/C11H17NO/c1-7(2)9-5-6-10(13-4)11(12)8(9)3/h5-7H,12H2,1-4H3. The van der Waals surface area contributed by atoms with E-state index in [2.05, 4.69) is 19.9 Å². The number of hydrogen-bond donors (Lipinski definition) is 1. The van der Waals surface area contributed by atoms with Crippen LogP contribution >= 0.6 is 0 Å². The second kappa shape index (κ2) is 3.69. The molecule has 0 aliphatic rings. The van der Waals surface area contributed by atoms with Gasteiger partial charge >= 0.3 is 0 Å². The van der Waals surface area contributed by atoms with E-state index in [9.17, 15) is 0 Å². The van der Waals surface area contributed by atoms with Crippen molar-refractivity contribution in [3.05, 3.63) is 23.3 Å². The maximum Gasteiger partial charge on any atom is 0.142 e. The van der Waals surface area contributed by atoms with Crippen molar-refractivity contribution in [3.8, 4) is 5.75 Å². The first kappa shape index (κ1) is 9.90. The molecule has 0 radical (unpaired) electrons. The fourth-order valence-electron chi connectivity index (χ4n) is 1.52. The lowest BCUT2D eigenvalue weighted by atomic mass is 9.96. The van der Waals surface area contributed by atoms with E-state index in [0.717, 1.165) is 17.0 Å². The van der Waals surface area contributed by atoms with Crippen molar-refractivity contribution in [1.29, 1.82) is 0 Å². The van der Waals surface area contributed by atoms with Crippen LogP contribution in [0.3, 0.4) is 0 Å². The molecule has 0 atom stereocenters. The minimum Gasteiger partial charge on any atom is -0.495 e. The fourth-order valence-corrected chi connectivity index (χ4v) is 1.52. The molecule has 0 saturated carbocycles. The molecule has 0 aliphatic carbocycles. The Kier molecular flexibility index (Phi) is 2.81. The van der Waals surface area contributed by atoms with Crippen molar-refractivity contribution < 1.29 is 4.74 Å². The van der Waals surface area contributed by atoms with Crippen molar-refractivity contribution in [2.75, 3.05) is 12.8 Å². The molecule has 1 rings (SSSR count). The minimum absolute atomic E-state index is 0.508. The monoisotopic (exact) mass is 179 g/mol. The van der Waals surface area contributed by atoms with Crippen LogP contribution in [-0.4, -0.2) is 7.11 Å². The van der Waals surface area contributed by atoms with E-state index >= 15 is 0 Å². The molecule has 2 N–H and O–H groups in total. The van der Waals surface area contributed by atoms with Crippen molar-refractivity contribution in [3.63, 3.8) is 0 Å². The molecule has 0 saturated heterocycles. The van der Waals surface area contributed by atoms with E-state index in [1.807, 2.05) is 13.0 Å². The molecule has 0 bridgehead atoms. The van der Waals surface area contributed by atoms with Gasteiger partial charge in [0, 0.05) is 0 Å². The van der Waals surface area contributed by atoms with Crippen molar-refractivity contribution in [2.24, 2.45) is 0 Å². The van der Waals surface area contributed by atoms with Gasteiger partial charge in [-0.1, -0.05) is 19.9 Å². The van der Waals surface area contributed by atoms with Gasteiger partial charge in [0.05, 0.1) is 12.8 Å². The summed E-state index contributed by atoms with van der Waals surface area (Å²) in [5.74, 6) is 1.27. The van der Waals surface area contributed by atoms with Crippen molar-refractivity contribution in [1.82, 2.24) is 0 Å². The smallest absolute Gasteiger partial charge is 0.142 e. The van der Waals surface area contributed by atoms with Gasteiger partial charge in [-0.15, -0.1) is 0 Å². The van der Waals surface area contributed by atoms with Gasteiger partial charge in [-0.25, -0.2) is 0 Å². The number of nitrogen functional groups attached to an aromatic ring is 1. The van der Waals surface area contributed by atoms with E-state index in [1.165, 1.54) is 5.56 Å². The van der Waals surface area contributed by atoms with Crippen LogP contribution in [0.4, 0.5) is 5.69 Å². The molecule has 0 aromatic heterocycles. The third-order valence-electron chi connectivity index (χ3n) is 2.36. The lowest BCUT2D eigenvalue weighted by molar-refractivity contribution is 0.416. The first-order valence-electron chi connectivity index (χ1n) is 4.51. The number of ether oxygens (including phenoxy) is 1. The van der Waals surface area contributed by atoms with Gasteiger partial charge in [-0.3, -0.25) is 0 Å². The predicted octanol–water partition coefficient (Wildman–Crippen LogP) is 2.71. The molecule has 1 aromatic rings. The molecular formula is C11H17NO. The zero-order valence-electron chi connectivity index (χ0n) is 8.72. The molecular weight excluding hydrogens is 162 g/mol. The molecule has 0 unspecified atom stereocenters. The van der Waals surface area contributed by atoms with Crippen LogP contribution in [0.25, 0.3) is 0 Å². The highest BCUT2D eigenvalue weighted by Gasteiger charge is 2.09. The Balaban J connectivity index is 3.23. The SMILES string of the molecule is COc1ccc(C(C)C)c(C)c1N. The Bertz CT molecular complexity index is 305. The third kappa shape index (κ3) is 1.77. The largest absolute Gasteiger partial charge is 0.495 e. The molecule has 0 heterocycles. The maximum atomic E-state index is 5.91. The summed E-state index contributed by atoms with van der Waals surface area (Å²) in [6, 6.07) is 4.01. The van der Waals surface area contributed by atoms with Crippen LogP contribution < -0.4 is 10.5 Å². The quantitative estimate of drug-likeness (QED) is 0.708. The number of rotatable bonds is 2. The van der Waals surface area contributed by atoms with Gasteiger partial charge in [0.2, 0.25) is 0 Å². The van der Waals surface area contributed by atoms with Crippen molar-refractivity contribution >= 4 is 5.69 Å². The average Bonchev–Trinajstić information content (AvgIpc) is 2.09. The Morgan fingerprint density at radius 2 is 1.92 bits per heavy atom. The molecule has 13 heavy (non-hydrogen) atoms. The lowest BCUT2D eigenvalue weighted by Gasteiger charge is -2.14. The van der Waals surface area contributed by atoms with Gasteiger partial charge in [0.1, 0.15) is 5.75 Å². The molecule has 0 spiro atoms. The highest BCUT2D eigenvalue weighted by molar-refractivity contribution is 5.61. The summed E-state index contributed by atoms with van der Waals surface area (Å²) in [5, 5.41) is 0. The number of nitrogens with two attached hydrogens (primary N) is 1. The van der Waals surface area contributed by atoms with Gasteiger partial charge in [-0.2, -0.15) is 0 Å².